The van der Waals surface area contributed by atoms with Crippen LogP contribution in [0, 0.1) is 6.92 Å². The first kappa shape index (κ1) is 19.4. The van der Waals surface area contributed by atoms with Gasteiger partial charge < -0.3 is 9.80 Å². The molecule has 2 heterocycles. The number of carbonyl (C=O) groups excluding carboxylic acids is 2. The highest BCUT2D eigenvalue weighted by atomic mass is 32.1. The summed E-state index contributed by atoms with van der Waals surface area (Å²) in [5.41, 5.74) is 2.77. The van der Waals surface area contributed by atoms with E-state index in [9.17, 15) is 9.59 Å². The van der Waals surface area contributed by atoms with Crippen molar-refractivity contribution in [2.24, 2.45) is 0 Å². The van der Waals surface area contributed by atoms with Crippen molar-refractivity contribution < 1.29 is 9.59 Å². The third-order valence-electron chi connectivity index (χ3n) is 5.42. The quantitative estimate of drug-likeness (QED) is 0.571. The molecule has 0 spiro atoms. The number of nitrogens with zero attached hydrogens (tertiary/aromatic N) is 2. The minimum Gasteiger partial charge on any atom is -0.305 e. The van der Waals surface area contributed by atoms with E-state index in [4.69, 9.17) is 0 Å². The number of hydrogen-bond acceptors (Lipinski definition) is 3. The van der Waals surface area contributed by atoms with Gasteiger partial charge in [0.15, 0.2) is 0 Å². The summed E-state index contributed by atoms with van der Waals surface area (Å²) in [5.74, 6) is 0.0208. The fourth-order valence-corrected chi connectivity index (χ4v) is 4.98. The molecule has 148 valence electrons. The molecule has 0 saturated heterocycles. The Bertz CT molecular complexity index is 1040. The molecule has 5 heteroatoms. The Morgan fingerprint density at radius 2 is 1.69 bits per heavy atom. The van der Waals surface area contributed by atoms with Gasteiger partial charge in [0.25, 0.3) is 5.91 Å². The van der Waals surface area contributed by atoms with E-state index in [0.717, 1.165) is 26.7 Å². The normalized spacial score (nSPS) is 18.2. The van der Waals surface area contributed by atoms with Crippen molar-refractivity contribution in [2.45, 2.75) is 39.3 Å². The van der Waals surface area contributed by atoms with Gasteiger partial charge in [0.05, 0.1) is 10.9 Å². The zero-order chi connectivity index (χ0) is 20.5. The monoisotopic (exact) mass is 404 g/mol. The first-order valence-electron chi connectivity index (χ1n) is 9.81. The lowest BCUT2D eigenvalue weighted by atomic mass is 9.89. The standard InChI is InChI=1S/C24H24N2O2S/c1-16-15-22(26(18(3)27)19-9-5-4-6-10-19)20-11-7-8-12-21(20)25(16)24(28)23-14-13-17(2)29-23/h4-14,16,22H,15H2,1-3H3/t16-,22+/m0/s1. The fraction of sp³-hybridized carbons (Fsp3) is 0.250. The van der Waals surface area contributed by atoms with Crippen molar-refractivity contribution in [2.75, 3.05) is 9.80 Å². The SMILES string of the molecule is CC(=O)N(c1ccccc1)[C@@H]1C[C@H](C)N(C(=O)c2ccc(C)s2)c2ccccc21. The van der Waals surface area contributed by atoms with Crippen molar-refractivity contribution in [1.82, 2.24) is 0 Å². The van der Waals surface area contributed by atoms with Gasteiger partial charge in [-0.05, 0) is 56.2 Å². The van der Waals surface area contributed by atoms with E-state index in [1.165, 1.54) is 11.3 Å². The van der Waals surface area contributed by atoms with E-state index in [1.54, 1.807) is 6.92 Å². The van der Waals surface area contributed by atoms with Crippen LogP contribution in [0.3, 0.4) is 0 Å². The maximum Gasteiger partial charge on any atom is 0.268 e. The molecule has 1 aliphatic rings. The maximum atomic E-state index is 13.3. The Morgan fingerprint density at radius 1 is 1.00 bits per heavy atom. The number of thiophene rings is 1. The van der Waals surface area contributed by atoms with Crippen LogP contribution in [0.5, 0.6) is 0 Å². The number of benzene rings is 2. The highest BCUT2D eigenvalue weighted by Crippen LogP contribution is 2.42. The maximum absolute atomic E-state index is 13.3. The molecule has 0 aliphatic carbocycles. The number of para-hydroxylation sites is 2. The zero-order valence-corrected chi connectivity index (χ0v) is 17.6. The Kier molecular flexibility index (Phi) is 5.24. The van der Waals surface area contributed by atoms with Crippen LogP contribution in [0.2, 0.25) is 0 Å². The molecule has 3 aromatic rings. The van der Waals surface area contributed by atoms with Crippen molar-refractivity contribution >= 4 is 34.5 Å². The molecule has 4 rings (SSSR count). The van der Waals surface area contributed by atoms with Crippen LogP contribution in [0.25, 0.3) is 0 Å². The molecule has 0 radical (unpaired) electrons. The number of carbonyl (C=O) groups is 2. The molecule has 0 bridgehead atoms. The van der Waals surface area contributed by atoms with Gasteiger partial charge in [0.2, 0.25) is 5.91 Å². The Balaban J connectivity index is 1.78. The van der Waals surface area contributed by atoms with Gasteiger partial charge in [-0.15, -0.1) is 11.3 Å². The van der Waals surface area contributed by atoms with Crippen LogP contribution >= 0.6 is 11.3 Å². The molecule has 2 amide bonds. The van der Waals surface area contributed by atoms with Gasteiger partial charge in [0, 0.05) is 29.2 Å². The van der Waals surface area contributed by atoms with Gasteiger partial charge in [-0.1, -0.05) is 36.4 Å². The Hall–Kier alpha value is -2.92. The number of fused-ring (bicyclic) bond motifs is 1. The minimum absolute atomic E-state index is 0.00291. The molecule has 0 N–H and O–H groups in total. The average Bonchev–Trinajstić information content (AvgIpc) is 3.15. The van der Waals surface area contributed by atoms with E-state index in [2.05, 4.69) is 6.92 Å². The summed E-state index contributed by atoms with van der Waals surface area (Å²) in [4.78, 5) is 31.6. The summed E-state index contributed by atoms with van der Waals surface area (Å²) < 4.78 is 0. The van der Waals surface area contributed by atoms with E-state index >= 15 is 0 Å². The van der Waals surface area contributed by atoms with Crippen molar-refractivity contribution in [3.8, 4) is 0 Å². The summed E-state index contributed by atoms with van der Waals surface area (Å²) in [6.07, 6.45) is 0.682. The predicted octanol–water partition coefficient (Wildman–Crippen LogP) is 5.59. The Morgan fingerprint density at radius 3 is 2.34 bits per heavy atom. The third-order valence-corrected chi connectivity index (χ3v) is 6.40. The van der Waals surface area contributed by atoms with Crippen LogP contribution < -0.4 is 9.80 Å². The molecule has 2 aromatic carbocycles. The van der Waals surface area contributed by atoms with E-state index in [1.807, 2.05) is 83.5 Å². The van der Waals surface area contributed by atoms with Crippen LogP contribution in [0.1, 0.15) is 46.4 Å². The number of anilines is 2. The molecule has 0 fully saturated rings. The predicted molar refractivity (Wildman–Crippen MR) is 119 cm³/mol. The molecule has 2 atom stereocenters. The molecular weight excluding hydrogens is 380 g/mol. The molecule has 1 aliphatic heterocycles. The van der Waals surface area contributed by atoms with Crippen LogP contribution in [-0.2, 0) is 4.79 Å². The van der Waals surface area contributed by atoms with Crippen LogP contribution in [0.15, 0.2) is 66.7 Å². The van der Waals surface area contributed by atoms with Crippen molar-refractivity contribution in [3.63, 3.8) is 0 Å². The lowest BCUT2D eigenvalue weighted by molar-refractivity contribution is -0.117. The van der Waals surface area contributed by atoms with E-state index in [0.29, 0.717) is 6.42 Å². The highest BCUT2D eigenvalue weighted by Gasteiger charge is 2.38. The first-order valence-corrected chi connectivity index (χ1v) is 10.6. The fourth-order valence-electron chi connectivity index (χ4n) is 4.17. The number of rotatable bonds is 3. The molecule has 1 aromatic heterocycles. The smallest absolute Gasteiger partial charge is 0.268 e. The van der Waals surface area contributed by atoms with Crippen LogP contribution in [-0.4, -0.2) is 17.9 Å². The summed E-state index contributed by atoms with van der Waals surface area (Å²) in [6, 6.07) is 21.4. The second-order valence-electron chi connectivity index (χ2n) is 7.47. The van der Waals surface area contributed by atoms with E-state index < -0.39 is 0 Å². The zero-order valence-electron chi connectivity index (χ0n) is 16.8. The topological polar surface area (TPSA) is 40.6 Å². The summed E-state index contributed by atoms with van der Waals surface area (Å²) in [5, 5.41) is 0. The van der Waals surface area contributed by atoms with Gasteiger partial charge in [-0.3, -0.25) is 9.59 Å². The highest BCUT2D eigenvalue weighted by molar-refractivity contribution is 7.14. The second kappa shape index (κ2) is 7.84. The van der Waals surface area contributed by atoms with Gasteiger partial charge >= 0.3 is 0 Å². The molecular formula is C24H24N2O2S. The number of aryl methyl sites for hydroxylation is 1. The van der Waals surface area contributed by atoms with Crippen molar-refractivity contribution in [3.05, 3.63) is 82.0 Å². The lowest BCUT2D eigenvalue weighted by Gasteiger charge is -2.43. The molecule has 29 heavy (non-hydrogen) atoms. The second-order valence-corrected chi connectivity index (χ2v) is 8.76. The van der Waals surface area contributed by atoms with Gasteiger partial charge in [-0.25, -0.2) is 0 Å². The van der Waals surface area contributed by atoms with Gasteiger partial charge in [0.1, 0.15) is 0 Å². The molecule has 0 saturated carbocycles. The van der Waals surface area contributed by atoms with E-state index in [-0.39, 0.29) is 23.9 Å². The lowest BCUT2D eigenvalue weighted by Crippen LogP contribution is -2.47. The average molecular weight is 405 g/mol. The minimum atomic E-state index is -0.116. The summed E-state index contributed by atoms with van der Waals surface area (Å²) in [6.45, 7) is 5.67. The molecule has 4 nitrogen and oxygen atoms in total. The number of hydrogen-bond donors (Lipinski definition) is 0. The molecule has 0 unspecified atom stereocenters. The third kappa shape index (κ3) is 3.58. The van der Waals surface area contributed by atoms with Gasteiger partial charge in [-0.2, -0.15) is 0 Å². The van der Waals surface area contributed by atoms with Crippen LogP contribution in [0.4, 0.5) is 11.4 Å². The Labute approximate surface area is 175 Å². The summed E-state index contributed by atoms with van der Waals surface area (Å²) >= 11 is 1.52. The first-order chi connectivity index (χ1) is 14.0. The number of amides is 2. The van der Waals surface area contributed by atoms with Crippen molar-refractivity contribution in [1.29, 1.82) is 0 Å². The largest absolute Gasteiger partial charge is 0.305 e. The summed E-state index contributed by atoms with van der Waals surface area (Å²) in [7, 11) is 0.